The summed E-state index contributed by atoms with van der Waals surface area (Å²) >= 11 is 0. The highest BCUT2D eigenvalue weighted by Crippen LogP contribution is 2.35. The van der Waals surface area contributed by atoms with Crippen molar-refractivity contribution in [1.29, 1.82) is 0 Å². The Hall–Kier alpha value is -2.09. The van der Waals surface area contributed by atoms with Gasteiger partial charge in [0.25, 0.3) is 0 Å². The van der Waals surface area contributed by atoms with Gasteiger partial charge >= 0.3 is 13.8 Å². The minimum absolute atomic E-state index is 0.104. The third-order valence-electron chi connectivity index (χ3n) is 4.76. The molecule has 0 aromatic heterocycles. The molecule has 0 aliphatic heterocycles. The minimum Gasteiger partial charge on any atom is -0.462 e. The largest absolute Gasteiger partial charge is 0.469 e. The molecular weight excluding hydrogens is 499 g/mol. The molecule has 4 atom stereocenters. The van der Waals surface area contributed by atoms with Gasteiger partial charge in [0.05, 0.1) is 31.6 Å². The number of unbranched alkanes of at least 4 members (excludes halogenated alkanes) is 1. The van der Waals surface area contributed by atoms with Gasteiger partial charge in [0.1, 0.15) is 12.1 Å². The summed E-state index contributed by atoms with van der Waals surface area (Å²) in [6.45, 7) is 4.36. The summed E-state index contributed by atoms with van der Waals surface area (Å²) in [5, 5.41) is 17.2. The normalized spacial score (nSPS) is 14.8. The maximum Gasteiger partial charge on any atom is 0.469 e. The van der Waals surface area contributed by atoms with Crippen LogP contribution in [-0.4, -0.2) is 82.6 Å². The topological polar surface area (TPSA) is 227 Å². The molecule has 0 spiro atoms. The van der Waals surface area contributed by atoms with Gasteiger partial charge in [-0.1, -0.05) is 0 Å². The van der Waals surface area contributed by atoms with E-state index in [0.29, 0.717) is 32.2 Å². The van der Waals surface area contributed by atoms with Gasteiger partial charge in [-0.2, -0.15) is 0 Å². The number of carbonyl (C=O) groups excluding carboxylic acids is 4. The van der Waals surface area contributed by atoms with Crippen molar-refractivity contribution < 1.29 is 47.9 Å². The number of aliphatic hydroxyl groups is 1. The second-order valence-electron chi connectivity index (χ2n) is 8.57. The molecule has 15 heteroatoms. The molecule has 210 valence electrons. The van der Waals surface area contributed by atoms with Crippen molar-refractivity contribution in [3.05, 3.63) is 0 Å². The van der Waals surface area contributed by atoms with Gasteiger partial charge < -0.3 is 41.3 Å². The Bertz CT molecular complexity index is 746. The number of esters is 1. The molecule has 0 radical (unpaired) electrons. The van der Waals surface area contributed by atoms with Crippen LogP contribution in [0.4, 0.5) is 0 Å². The lowest BCUT2D eigenvalue weighted by atomic mass is 10.1. The number of nitrogens with two attached hydrogens (primary N) is 1. The van der Waals surface area contributed by atoms with Gasteiger partial charge in [-0.3, -0.25) is 23.7 Å². The zero-order valence-electron chi connectivity index (χ0n) is 21.1. The van der Waals surface area contributed by atoms with Crippen LogP contribution in [0.1, 0.15) is 65.7 Å². The molecule has 0 aromatic carbocycles. The summed E-state index contributed by atoms with van der Waals surface area (Å²) in [4.78, 5) is 65.7. The highest BCUT2D eigenvalue weighted by atomic mass is 31.2. The summed E-state index contributed by atoms with van der Waals surface area (Å²) in [5.41, 5.74) is 5.50. The van der Waals surface area contributed by atoms with Crippen LogP contribution in [0.3, 0.4) is 0 Å². The number of hydrogen-bond donors (Lipinski definition) is 7. The number of phosphoric acid groups is 1. The predicted molar refractivity (Wildman–Crippen MR) is 129 cm³/mol. The van der Waals surface area contributed by atoms with E-state index in [4.69, 9.17) is 20.3 Å². The van der Waals surface area contributed by atoms with Gasteiger partial charge in [-0.25, -0.2) is 4.57 Å². The Morgan fingerprint density at radius 3 is 2.17 bits per heavy atom. The highest BCUT2D eigenvalue weighted by molar-refractivity contribution is 7.46. The van der Waals surface area contributed by atoms with E-state index in [1.807, 2.05) is 0 Å². The van der Waals surface area contributed by atoms with E-state index in [-0.39, 0.29) is 25.8 Å². The van der Waals surface area contributed by atoms with Gasteiger partial charge in [0.2, 0.25) is 17.7 Å². The SMILES string of the molecule is CC(=O)O[C@H](C)CC(=O)N[C@@H](CCCCN)C(=O)NCCC[C@H](COP(=O)(O)O)NC(=O)C[C@@H](C)O. The summed E-state index contributed by atoms with van der Waals surface area (Å²) in [6.07, 6.45) is 0.325. The molecule has 8 N–H and O–H groups in total. The van der Waals surface area contributed by atoms with Crippen molar-refractivity contribution in [2.24, 2.45) is 5.73 Å². The fraction of sp³-hybridized carbons (Fsp3) is 0.810. The summed E-state index contributed by atoms with van der Waals surface area (Å²) in [6, 6.07) is -1.59. The fourth-order valence-corrected chi connectivity index (χ4v) is 3.60. The maximum absolute atomic E-state index is 12.7. The van der Waals surface area contributed by atoms with Gasteiger partial charge in [0.15, 0.2) is 0 Å². The lowest BCUT2D eigenvalue weighted by molar-refractivity contribution is -0.147. The Morgan fingerprint density at radius 1 is 0.972 bits per heavy atom. The molecule has 36 heavy (non-hydrogen) atoms. The van der Waals surface area contributed by atoms with E-state index in [0.717, 1.165) is 0 Å². The lowest BCUT2D eigenvalue weighted by Crippen LogP contribution is -2.47. The lowest BCUT2D eigenvalue weighted by Gasteiger charge is -2.21. The molecule has 3 amide bonds. The smallest absolute Gasteiger partial charge is 0.462 e. The number of hydrogen-bond acceptors (Lipinski definition) is 9. The molecule has 14 nitrogen and oxygen atoms in total. The van der Waals surface area contributed by atoms with E-state index in [1.54, 1.807) is 6.92 Å². The van der Waals surface area contributed by atoms with Crippen LogP contribution in [0, 0.1) is 0 Å². The average Bonchev–Trinajstić information content (AvgIpc) is 2.72. The van der Waals surface area contributed by atoms with Gasteiger partial charge in [0, 0.05) is 13.5 Å². The van der Waals surface area contributed by atoms with Crippen LogP contribution in [0.5, 0.6) is 0 Å². The number of amides is 3. The summed E-state index contributed by atoms with van der Waals surface area (Å²) < 4.78 is 20.4. The predicted octanol–water partition coefficient (Wildman–Crippen LogP) is -0.797. The number of phosphoric ester groups is 1. The van der Waals surface area contributed by atoms with Crippen molar-refractivity contribution in [2.45, 2.75) is 90.0 Å². The van der Waals surface area contributed by atoms with E-state index in [1.165, 1.54) is 13.8 Å². The molecule has 0 saturated heterocycles. The monoisotopic (exact) mass is 540 g/mol. The quantitative estimate of drug-likeness (QED) is 0.0610. The molecule has 0 unspecified atom stereocenters. The van der Waals surface area contributed by atoms with E-state index in [2.05, 4.69) is 20.5 Å². The van der Waals surface area contributed by atoms with Crippen molar-refractivity contribution in [3.63, 3.8) is 0 Å². The Balaban J connectivity index is 4.85. The third kappa shape index (κ3) is 19.1. The number of rotatable bonds is 19. The minimum atomic E-state index is -4.75. The first kappa shape index (κ1) is 33.9. The van der Waals surface area contributed by atoms with Gasteiger partial charge in [-0.05, 0) is 52.5 Å². The Kier molecular flexibility index (Phi) is 17.1. The molecular formula is C21H41N4O10P. The number of ether oxygens (including phenoxy) is 1. The second kappa shape index (κ2) is 18.2. The zero-order chi connectivity index (χ0) is 27.7. The van der Waals surface area contributed by atoms with Crippen molar-refractivity contribution in [2.75, 3.05) is 19.7 Å². The zero-order valence-corrected chi connectivity index (χ0v) is 22.0. The van der Waals surface area contributed by atoms with Crippen molar-refractivity contribution in [1.82, 2.24) is 16.0 Å². The van der Waals surface area contributed by atoms with Crippen LogP contribution in [-0.2, 0) is 33.0 Å². The maximum atomic E-state index is 12.7. The molecule has 0 aliphatic rings. The van der Waals surface area contributed by atoms with E-state index in [9.17, 15) is 28.8 Å². The number of carbonyl (C=O) groups is 4. The van der Waals surface area contributed by atoms with Crippen LogP contribution >= 0.6 is 7.82 Å². The molecule has 0 aromatic rings. The second-order valence-corrected chi connectivity index (χ2v) is 9.81. The first-order valence-electron chi connectivity index (χ1n) is 11.8. The molecule has 0 fully saturated rings. The van der Waals surface area contributed by atoms with Crippen LogP contribution < -0.4 is 21.7 Å². The average molecular weight is 541 g/mol. The third-order valence-corrected chi connectivity index (χ3v) is 5.24. The van der Waals surface area contributed by atoms with E-state index >= 15 is 0 Å². The van der Waals surface area contributed by atoms with Crippen molar-refractivity contribution >= 4 is 31.5 Å². The Morgan fingerprint density at radius 2 is 1.61 bits per heavy atom. The van der Waals surface area contributed by atoms with Crippen LogP contribution in [0.25, 0.3) is 0 Å². The highest BCUT2D eigenvalue weighted by Gasteiger charge is 2.23. The first-order valence-corrected chi connectivity index (χ1v) is 13.4. The summed E-state index contributed by atoms with van der Waals surface area (Å²) in [7, 11) is -4.75. The van der Waals surface area contributed by atoms with Crippen molar-refractivity contribution in [3.8, 4) is 0 Å². The Labute approximate surface area is 211 Å². The first-order chi connectivity index (χ1) is 16.7. The molecule has 0 rings (SSSR count). The molecule has 0 heterocycles. The fourth-order valence-electron chi connectivity index (χ4n) is 3.22. The van der Waals surface area contributed by atoms with Gasteiger partial charge in [-0.15, -0.1) is 0 Å². The van der Waals surface area contributed by atoms with Crippen LogP contribution in [0.2, 0.25) is 0 Å². The molecule has 0 saturated carbocycles. The number of aliphatic hydroxyl groups excluding tert-OH is 1. The number of nitrogens with one attached hydrogen (secondary N) is 3. The molecule has 0 aliphatic carbocycles. The standard InChI is InChI=1S/C21H41N4O10P/c1-14(26)11-19(28)24-17(13-34-36(31,32)33)7-6-10-23-21(30)18(8-4-5-9-22)25-20(29)12-15(2)35-16(3)27/h14-15,17-18,26H,4-13,22H2,1-3H3,(H,23,30)(H,24,28)(H,25,29)(H2,31,32,33)/t14-,15-,17-,18+/m1/s1. The van der Waals surface area contributed by atoms with E-state index < -0.39 is 62.4 Å². The summed E-state index contributed by atoms with van der Waals surface area (Å²) in [5.74, 6) is -1.91. The van der Waals surface area contributed by atoms with Crippen LogP contribution in [0.15, 0.2) is 0 Å². The molecule has 0 bridgehead atoms.